The van der Waals surface area contributed by atoms with Crippen LogP contribution in [0.2, 0.25) is 5.02 Å². The number of aromatic nitrogens is 5. The van der Waals surface area contributed by atoms with Crippen molar-refractivity contribution in [2.75, 3.05) is 19.6 Å². The van der Waals surface area contributed by atoms with Crippen molar-refractivity contribution >= 4 is 40.1 Å². The van der Waals surface area contributed by atoms with E-state index in [0.717, 1.165) is 15.1 Å². The van der Waals surface area contributed by atoms with E-state index in [1.54, 1.807) is 67.7 Å². The van der Waals surface area contributed by atoms with E-state index in [9.17, 15) is 24.3 Å². The molecule has 2 aliphatic heterocycles. The molecule has 2 aromatic heterocycles. The number of rotatable bonds is 9. The second kappa shape index (κ2) is 14.4. The van der Waals surface area contributed by atoms with Gasteiger partial charge >= 0.3 is 11.4 Å². The number of aromatic hydroxyl groups is 1. The van der Waals surface area contributed by atoms with E-state index in [4.69, 9.17) is 21.1 Å². The van der Waals surface area contributed by atoms with Gasteiger partial charge < -0.3 is 19.1 Å². The number of aryl methyl sites for hydroxylation is 3. The number of phenolic OH excluding ortho intramolecular Hbond substituents is 1. The van der Waals surface area contributed by atoms with Gasteiger partial charge in [0.15, 0.2) is 11.5 Å². The van der Waals surface area contributed by atoms with Gasteiger partial charge in [-0.3, -0.25) is 19.8 Å². The molecule has 3 aliphatic rings. The van der Waals surface area contributed by atoms with Gasteiger partial charge in [-0.2, -0.15) is 5.01 Å². The van der Waals surface area contributed by atoms with Crippen LogP contribution in [0.1, 0.15) is 40.8 Å². The van der Waals surface area contributed by atoms with Crippen LogP contribution in [0, 0.1) is 12.8 Å². The van der Waals surface area contributed by atoms with Crippen LogP contribution in [0.25, 0.3) is 11.0 Å². The zero-order valence-electron chi connectivity index (χ0n) is 33.1. The quantitative estimate of drug-likeness (QED) is 0.155. The number of nitrogens with one attached hydrogen (secondary N) is 1. The van der Waals surface area contributed by atoms with Gasteiger partial charge in [-0.05, 0) is 54.8 Å². The average Bonchev–Trinajstić information content (AvgIpc) is 3.63. The molecule has 306 valence electrons. The summed E-state index contributed by atoms with van der Waals surface area (Å²) in [6.07, 6.45) is 1.72. The molecule has 2 fully saturated rings. The molecular weight excluding hydrogens is 790 g/mol. The number of halogens is 1. The summed E-state index contributed by atoms with van der Waals surface area (Å²) in [4.78, 5) is 77.1. The maximum Gasteiger partial charge on any atom is 0.347 e. The molecule has 4 heterocycles. The molecule has 2 amide bonds. The Hall–Kier alpha value is -6.87. The minimum atomic E-state index is -1.61. The maximum absolute atomic E-state index is 15.3. The molecule has 9 rings (SSSR count). The lowest BCUT2D eigenvalue weighted by molar-refractivity contribution is -0.138. The van der Waals surface area contributed by atoms with Gasteiger partial charge in [-0.1, -0.05) is 65.7 Å². The number of methoxy groups -OCH3 is 2. The highest BCUT2D eigenvalue weighted by Crippen LogP contribution is 2.62. The molecule has 4 atom stereocenters. The van der Waals surface area contributed by atoms with Crippen molar-refractivity contribution in [2.24, 2.45) is 13.0 Å². The highest BCUT2D eigenvalue weighted by Gasteiger charge is 2.69. The van der Waals surface area contributed by atoms with Crippen molar-refractivity contribution in [2.45, 2.75) is 50.2 Å². The molecule has 2 N–H and O–H groups in total. The second-order valence-electron chi connectivity index (χ2n) is 15.3. The van der Waals surface area contributed by atoms with E-state index in [1.165, 1.54) is 40.3 Å². The fourth-order valence-corrected chi connectivity index (χ4v) is 9.62. The number of fused-ring (bicyclic) bond motifs is 5. The van der Waals surface area contributed by atoms with Gasteiger partial charge in [0.05, 0.1) is 54.9 Å². The van der Waals surface area contributed by atoms with Gasteiger partial charge in [0, 0.05) is 48.6 Å². The number of amides is 2. The number of hydrogen-bond acceptors (Lipinski definition) is 10. The first-order valence-corrected chi connectivity index (χ1v) is 19.8. The molecule has 4 aromatic carbocycles. The Morgan fingerprint density at radius 1 is 0.917 bits per heavy atom. The third-order valence-corrected chi connectivity index (χ3v) is 12.5. The van der Waals surface area contributed by atoms with E-state index < -0.39 is 52.0 Å². The summed E-state index contributed by atoms with van der Waals surface area (Å²) in [5, 5.41) is 12.9. The molecule has 0 unspecified atom stereocenters. The standard InChI is InChI=1S/C44H40ClN7O8/c1-24-10-13-27(14-11-24)47-51-39(54)30-21-33-28(38(29-20-26(45)12-15-35(29)53)44(30,41(51)56)25-8-6-5-7-9-25)16-19-50-42(57)49(43(58)52(33)50)18-17-31-40(55)48(2)34-23-37(60-4)36(59-3)22-32(34)46-31/h5-16,20,22-23,30,33,38,47,53H,17-19,21H2,1-4H3/t30-,33+,38+,44+/m0/s1. The Labute approximate surface area is 347 Å². The average molecular weight is 830 g/mol. The van der Waals surface area contributed by atoms with E-state index in [2.05, 4.69) is 10.4 Å². The van der Waals surface area contributed by atoms with Crippen molar-refractivity contribution < 1.29 is 24.2 Å². The molecule has 1 saturated carbocycles. The Kier molecular flexibility index (Phi) is 9.30. The molecule has 16 heteroatoms. The van der Waals surface area contributed by atoms with Crippen molar-refractivity contribution in [3.8, 4) is 17.2 Å². The molecule has 0 bridgehead atoms. The Morgan fingerprint density at radius 2 is 1.63 bits per heavy atom. The number of hydrogen-bond donors (Lipinski definition) is 2. The van der Waals surface area contributed by atoms with Crippen LogP contribution in [0.15, 0.2) is 111 Å². The monoisotopic (exact) mass is 829 g/mol. The van der Waals surface area contributed by atoms with E-state index >= 15 is 4.79 Å². The number of benzene rings is 4. The minimum absolute atomic E-state index is 0.0311. The highest BCUT2D eigenvalue weighted by atomic mass is 35.5. The lowest BCUT2D eigenvalue weighted by atomic mass is 9.53. The van der Waals surface area contributed by atoms with Crippen LogP contribution < -0.4 is 31.8 Å². The number of nitrogens with zero attached hydrogens (tertiary/aromatic N) is 6. The number of ether oxygens (including phenoxy) is 2. The highest BCUT2D eigenvalue weighted by molar-refractivity contribution is 6.30. The van der Waals surface area contributed by atoms with Gasteiger partial charge in [0.25, 0.3) is 17.4 Å². The summed E-state index contributed by atoms with van der Waals surface area (Å²) in [6.45, 7) is 1.71. The maximum atomic E-state index is 15.3. The number of allylic oxidation sites excluding steroid dienone is 2. The molecule has 0 spiro atoms. The fraction of sp³-hybridized carbons (Fsp3) is 0.273. The third-order valence-electron chi connectivity index (χ3n) is 12.3. The lowest BCUT2D eigenvalue weighted by Gasteiger charge is -2.49. The molecule has 0 radical (unpaired) electrons. The van der Waals surface area contributed by atoms with Crippen LogP contribution in [-0.4, -0.2) is 59.6 Å². The van der Waals surface area contributed by atoms with E-state index in [-0.39, 0.29) is 37.4 Å². The normalized spacial score (nSPS) is 20.7. The summed E-state index contributed by atoms with van der Waals surface area (Å²) in [5.41, 5.74) is 3.78. The molecule has 1 saturated heterocycles. The Balaban J connectivity index is 1.17. The summed E-state index contributed by atoms with van der Waals surface area (Å²) >= 11 is 6.61. The molecule has 15 nitrogen and oxygen atoms in total. The van der Waals surface area contributed by atoms with Gasteiger partial charge in [-0.25, -0.2) is 28.5 Å². The van der Waals surface area contributed by atoms with Crippen molar-refractivity contribution in [3.05, 3.63) is 155 Å². The van der Waals surface area contributed by atoms with Gasteiger partial charge in [0.1, 0.15) is 11.4 Å². The second-order valence-corrected chi connectivity index (χ2v) is 15.8. The number of imide groups is 1. The van der Waals surface area contributed by atoms with Crippen LogP contribution in [0.5, 0.6) is 17.2 Å². The predicted octanol–water partition coefficient (Wildman–Crippen LogP) is 4.60. The first-order chi connectivity index (χ1) is 28.9. The Bertz CT molecular complexity index is 2970. The third kappa shape index (κ3) is 5.70. The number of carbonyl (C=O) groups is 2. The number of phenols is 1. The number of carbonyl (C=O) groups excluding carboxylic acids is 2. The minimum Gasteiger partial charge on any atom is -0.508 e. The molecule has 1 aliphatic carbocycles. The SMILES string of the molecule is COc1cc2nc(CCn3c(=O)n4n(c3=O)[C@@H]3C[C@H]5C(=O)N(Nc6ccc(C)cc6)C(=O)[C@@]5(c5ccccc5)[C@@H](c5cc(Cl)ccc5O)C3=CC4)c(=O)n(C)c2cc1OC. The molecule has 60 heavy (non-hydrogen) atoms. The van der Waals surface area contributed by atoms with Crippen LogP contribution >= 0.6 is 11.6 Å². The number of anilines is 1. The van der Waals surface area contributed by atoms with Crippen LogP contribution in [0.4, 0.5) is 5.69 Å². The zero-order chi connectivity index (χ0) is 42.2. The zero-order valence-corrected chi connectivity index (χ0v) is 33.8. The summed E-state index contributed by atoms with van der Waals surface area (Å²) in [6, 6.07) is 23.2. The van der Waals surface area contributed by atoms with Crippen LogP contribution in [-0.2, 0) is 41.6 Å². The topological polar surface area (TPSA) is 172 Å². The first kappa shape index (κ1) is 38.6. The lowest BCUT2D eigenvalue weighted by Crippen LogP contribution is -2.53. The van der Waals surface area contributed by atoms with E-state index in [1.807, 2.05) is 25.1 Å². The van der Waals surface area contributed by atoms with Crippen molar-refractivity contribution in [1.82, 2.24) is 28.5 Å². The van der Waals surface area contributed by atoms with E-state index in [0.29, 0.717) is 49.9 Å². The fourth-order valence-electron chi connectivity index (χ4n) is 9.44. The summed E-state index contributed by atoms with van der Waals surface area (Å²) < 4.78 is 16.0. The molecule has 6 aromatic rings. The first-order valence-electron chi connectivity index (χ1n) is 19.4. The predicted molar refractivity (Wildman–Crippen MR) is 223 cm³/mol. The van der Waals surface area contributed by atoms with Gasteiger partial charge in [-0.15, -0.1) is 0 Å². The van der Waals surface area contributed by atoms with Gasteiger partial charge in [0.2, 0.25) is 0 Å². The molecular formula is C44H40ClN7O8. The summed E-state index contributed by atoms with van der Waals surface area (Å²) in [7, 11) is 4.59. The smallest absolute Gasteiger partial charge is 0.347 e. The van der Waals surface area contributed by atoms with Crippen LogP contribution in [0.3, 0.4) is 0 Å². The van der Waals surface area contributed by atoms with Crippen molar-refractivity contribution in [3.63, 3.8) is 0 Å². The van der Waals surface area contributed by atoms with Crippen molar-refractivity contribution in [1.29, 1.82) is 0 Å². The number of hydrazine groups is 1. The summed E-state index contributed by atoms with van der Waals surface area (Å²) in [5.74, 6) is -2.47. The largest absolute Gasteiger partial charge is 0.508 e. The Morgan fingerprint density at radius 3 is 2.35 bits per heavy atom.